The Balaban J connectivity index is 1.09. The summed E-state index contributed by atoms with van der Waals surface area (Å²) >= 11 is 0. The van der Waals surface area contributed by atoms with E-state index in [1.54, 1.807) is 0 Å². The van der Waals surface area contributed by atoms with Gasteiger partial charge in [0, 0.05) is 16.9 Å². The van der Waals surface area contributed by atoms with Gasteiger partial charge in [0.05, 0.1) is 11.1 Å². The predicted molar refractivity (Wildman–Crippen MR) is 235 cm³/mol. The highest BCUT2D eigenvalue weighted by Gasteiger charge is 2.52. The van der Waals surface area contributed by atoms with E-state index in [1.807, 2.05) is 0 Å². The van der Waals surface area contributed by atoms with Crippen molar-refractivity contribution < 1.29 is 0 Å². The molecule has 0 heterocycles. The molecule has 1 spiro atoms. The summed E-state index contributed by atoms with van der Waals surface area (Å²) in [6.07, 6.45) is 0. The Hall–Kier alpha value is -7.22. The third-order valence-electron chi connectivity index (χ3n) is 12.4. The highest BCUT2D eigenvalue weighted by Crippen LogP contribution is 2.64. The Morgan fingerprint density at radius 3 is 1.41 bits per heavy atom. The summed E-state index contributed by atoms with van der Waals surface area (Å²) in [5.74, 6) is 0. The molecular formula is C55H35N. The normalized spacial score (nSPS) is 13.1. The van der Waals surface area contributed by atoms with Crippen molar-refractivity contribution in [3.05, 3.63) is 235 Å². The standard InChI is InChI=1S/C55H35N/c1-2-17-38(18-3-1)56(39-19-14-16-36(34-39)37-32-33-44-42-22-5-4-20-40(42)41-21-6-7-23-43(41)48(44)35-37)53-31-15-30-52-54(53)47-26-10-13-29-51(47)55(52)49-27-11-8-24-45(49)46-25-9-12-28-50(46)55/h1-35H. The molecule has 0 fully saturated rings. The second-order valence-corrected chi connectivity index (χ2v) is 15.2. The van der Waals surface area contributed by atoms with E-state index in [2.05, 4.69) is 217 Å². The van der Waals surface area contributed by atoms with Crippen molar-refractivity contribution in [3.63, 3.8) is 0 Å². The fourth-order valence-electron chi connectivity index (χ4n) is 10.2. The minimum Gasteiger partial charge on any atom is -0.310 e. The van der Waals surface area contributed by atoms with Crippen molar-refractivity contribution in [2.75, 3.05) is 4.90 Å². The van der Waals surface area contributed by atoms with E-state index in [1.165, 1.54) is 93.6 Å². The molecule has 0 aromatic heterocycles. The molecule has 12 rings (SSSR count). The molecule has 2 aliphatic carbocycles. The fraction of sp³-hybridized carbons (Fsp3) is 0.0182. The van der Waals surface area contributed by atoms with Gasteiger partial charge in [-0.25, -0.2) is 0 Å². The van der Waals surface area contributed by atoms with Crippen molar-refractivity contribution in [1.29, 1.82) is 0 Å². The minimum atomic E-state index is -0.405. The predicted octanol–water partition coefficient (Wildman–Crippen LogP) is 14.6. The zero-order chi connectivity index (χ0) is 36.8. The molecule has 0 radical (unpaired) electrons. The second kappa shape index (κ2) is 11.9. The monoisotopic (exact) mass is 709 g/mol. The van der Waals surface area contributed by atoms with Gasteiger partial charge >= 0.3 is 0 Å². The maximum absolute atomic E-state index is 2.47. The van der Waals surface area contributed by atoms with E-state index in [9.17, 15) is 0 Å². The third kappa shape index (κ3) is 4.20. The van der Waals surface area contributed by atoms with Crippen LogP contribution >= 0.6 is 0 Å². The van der Waals surface area contributed by atoms with Crippen molar-refractivity contribution in [2.45, 2.75) is 5.41 Å². The Morgan fingerprint density at radius 2 is 0.750 bits per heavy atom. The number of hydrogen-bond acceptors (Lipinski definition) is 1. The molecule has 10 aromatic rings. The lowest BCUT2D eigenvalue weighted by atomic mass is 9.70. The van der Waals surface area contributed by atoms with Crippen LogP contribution in [-0.2, 0) is 5.41 Å². The zero-order valence-corrected chi connectivity index (χ0v) is 30.7. The van der Waals surface area contributed by atoms with Crippen molar-refractivity contribution in [1.82, 2.24) is 0 Å². The van der Waals surface area contributed by atoms with Gasteiger partial charge in [-0.1, -0.05) is 176 Å². The molecule has 260 valence electrons. The Labute approximate surface area is 326 Å². The van der Waals surface area contributed by atoms with Crippen molar-refractivity contribution in [2.24, 2.45) is 0 Å². The van der Waals surface area contributed by atoms with Crippen LogP contribution in [0.5, 0.6) is 0 Å². The van der Waals surface area contributed by atoms with Crippen LogP contribution in [0.2, 0.25) is 0 Å². The molecule has 0 atom stereocenters. The first kappa shape index (κ1) is 31.2. The summed E-state index contributed by atoms with van der Waals surface area (Å²) in [4.78, 5) is 2.47. The fourth-order valence-corrected chi connectivity index (χ4v) is 10.2. The zero-order valence-electron chi connectivity index (χ0n) is 30.7. The van der Waals surface area contributed by atoms with E-state index in [0.717, 1.165) is 11.4 Å². The van der Waals surface area contributed by atoms with Gasteiger partial charge in [-0.05, 0) is 119 Å². The van der Waals surface area contributed by atoms with Crippen LogP contribution in [0.25, 0.3) is 65.7 Å². The van der Waals surface area contributed by atoms with Crippen LogP contribution in [-0.4, -0.2) is 0 Å². The Kier molecular flexibility index (Phi) is 6.62. The van der Waals surface area contributed by atoms with Gasteiger partial charge in [0.15, 0.2) is 0 Å². The average Bonchev–Trinajstić information content (AvgIpc) is 3.75. The molecular weight excluding hydrogens is 675 g/mol. The number of nitrogens with zero attached hydrogens (tertiary/aromatic N) is 1. The molecule has 0 aliphatic heterocycles. The van der Waals surface area contributed by atoms with E-state index < -0.39 is 5.41 Å². The molecule has 0 saturated carbocycles. The summed E-state index contributed by atoms with van der Waals surface area (Å²) in [6, 6.07) is 78.7. The molecule has 10 aromatic carbocycles. The van der Waals surface area contributed by atoms with Crippen LogP contribution in [0.3, 0.4) is 0 Å². The summed E-state index contributed by atoms with van der Waals surface area (Å²) in [6.45, 7) is 0. The number of rotatable bonds is 4. The highest BCUT2D eigenvalue weighted by atomic mass is 15.1. The lowest BCUT2D eigenvalue weighted by Crippen LogP contribution is -2.26. The maximum Gasteiger partial charge on any atom is 0.0726 e. The summed E-state index contributed by atoms with van der Waals surface area (Å²) in [5, 5.41) is 7.73. The van der Waals surface area contributed by atoms with Crippen LogP contribution in [0.15, 0.2) is 212 Å². The topological polar surface area (TPSA) is 3.24 Å². The first-order chi connectivity index (χ1) is 27.8. The van der Waals surface area contributed by atoms with Crippen LogP contribution in [0, 0.1) is 0 Å². The summed E-state index contributed by atoms with van der Waals surface area (Å²) < 4.78 is 0. The molecule has 0 saturated heterocycles. The van der Waals surface area contributed by atoms with Gasteiger partial charge in [-0.3, -0.25) is 0 Å². The number of anilines is 3. The molecule has 1 heteroatoms. The van der Waals surface area contributed by atoms with Gasteiger partial charge in [-0.2, -0.15) is 0 Å². The molecule has 0 unspecified atom stereocenters. The molecule has 0 bridgehead atoms. The number of benzene rings is 10. The second-order valence-electron chi connectivity index (χ2n) is 15.2. The third-order valence-corrected chi connectivity index (χ3v) is 12.4. The molecule has 0 N–H and O–H groups in total. The summed E-state index contributed by atoms with van der Waals surface area (Å²) in [5.41, 5.74) is 16.0. The molecule has 0 amide bonds. The Bertz CT molecular complexity index is 3130. The van der Waals surface area contributed by atoms with Crippen LogP contribution in [0.1, 0.15) is 22.3 Å². The number of hydrogen-bond donors (Lipinski definition) is 0. The van der Waals surface area contributed by atoms with E-state index >= 15 is 0 Å². The highest BCUT2D eigenvalue weighted by molar-refractivity contribution is 6.25. The maximum atomic E-state index is 2.47. The first-order valence-electron chi connectivity index (χ1n) is 19.5. The first-order valence-corrected chi connectivity index (χ1v) is 19.5. The van der Waals surface area contributed by atoms with Gasteiger partial charge < -0.3 is 4.90 Å². The SMILES string of the molecule is c1ccc(N(c2cccc(-c3ccc4c5ccccc5c5ccccc5c4c3)c2)c2cccc3c2-c2ccccc2C32c3ccccc3-c3ccccc32)cc1. The van der Waals surface area contributed by atoms with Crippen molar-refractivity contribution in [3.8, 4) is 33.4 Å². The number of fused-ring (bicyclic) bond motifs is 16. The molecule has 56 heavy (non-hydrogen) atoms. The van der Waals surface area contributed by atoms with Crippen LogP contribution in [0.4, 0.5) is 17.1 Å². The van der Waals surface area contributed by atoms with E-state index in [0.29, 0.717) is 0 Å². The van der Waals surface area contributed by atoms with Gasteiger partial charge in [-0.15, -0.1) is 0 Å². The van der Waals surface area contributed by atoms with Gasteiger partial charge in [0.25, 0.3) is 0 Å². The molecule has 2 aliphatic rings. The van der Waals surface area contributed by atoms with Crippen LogP contribution < -0.4 is 4.90 Å². The largest absolute Gasteiger partial charge is 0.310 e. The summed E-state index contributed by atoms with van der Waals surface area (Å²) in [7, 11) is 0. The van der Waals surface area contributed by atoms with Gasteiger partial charge in [0.1, 0.15) is 0 Å². The quantitative estimate of drug-likeness (QED) is 0.164. The Morgan fingerprint density at radius 1 is 0.286 bits per heavy atom. The average molecular weight is 710 g/mol. The number of para-hydroxylation sites is 1. The smallest absolute Gasteiger partial charge is 0.0726 e. The van der Waals surface area contributed by atoms with Crippen molar-refractivity contribution >= 4 is 49.4 Å². The van der Waals surface area contributed by atoms with Gasteiger partial charge in [0.2, 0.25) is 0 Å². The molecule has 1 nitrogen and oxygen atoms in total. The lowest BCUT2D eigenvalue weighted by molar-refractivity contribution is 0.794. The van der Waals surface area contributed by atoms with E-state index in [-0.39, 0.29) is 0 Å². The van der Waals surface area contributed by atoms with E-state index in [4.69, 9.17) is 0 Å². The lowest BCUT2D eigenvalue weighted by Gasteiger charge is -2.32. The minimum absolute atomic E-state index is 0.405.